The fourth-order valence-electron chi connectivity index (χ4n) is 1.38. The largest absolute Gasteiger partial charge is 0.290 e. The molecule has 20 heavy (non-hydrogen) atoms. The summed E-state index contributed by atoms with van der Waals surface area (Å²) in [4.78, 5) is 29.5. The number of anilines is 1. The molecule has 0 aliphatic rings. The van der Waals surface area contributed by atoms with E-state index in [9.17, 15) is 14.9 Å². The monoisotopic (exact) mass is 312 g/mol. The maximum Gasteiger partial charge on any atom is 0.270 e. The van der Waals surface area contributed by atoms with Crippen molar-refractivity contribution in [3.05, 3.63) is 56.3 Å². The molecule has 1 heterocycles. The molecule has 102 valence electrons. The van der Waals surface area contributed by atoms with Crippen LogP contribution in [0.3, 0.4) is 0 Å². The first-order valence-electron chi connectivity index (χ1n) is 5.21. The minimum Gasteiger partial charge on any atom is -0.290 e. The topological polar surface area (TPSA) is 98.0 Å². The summed E-state index contributed by atoms with van der Waals surface area (Å²) >= 11 is 11.3. The summed E-state index contributed by atoms with van der Waals surface area (Å²) in [7, 11) is 0. The fourth-order valence-corrected chi connectivity index (χ4v) is 1.80. The highest BCUT2D eigenvalue weighted by atomic mass is 35.5. The molecule has 0 unspecified atom stereocenters. The Kier molecular flexibility index (Phi) is 4.11. The molecule has 1 N–H and O–H groups in total. The first-order chi connectivity index (χ1) is 9.45. The number of hydrogen-bond donors (Lipinski definition) is 1. The van der Waals surface area contributed by atoms with Gasteiger partial charge in [0.05, 0.1) is 4.92 Å². The third-order valence-electron chi connectivity index (χ3n) is 2.21. The van der Waals surface area contributed by atoms with Crippen molar-refractivity contribution in [2.75, 3.05) is 5.32 Å². The molecule has 0 aliphatic carbocycles. The summed E-state index contributed by atoms with van der Waals surface area (Å²) in [5.74, 6) is -0.689. The number of nitrogens with one attached hydrogen (secondary N) is 1. The van der Waals surface area contributed by atoms with Gasteiger partial charge in [-0.2, -0.15) is 0 Å². The zero-order valence-electron chi connectivity index (χ0n) is 9.71. The van der Waals surface area contributed by atoms with Crippen LogP contribution in [0.5, 0.6) is 0 Å². The van der Waals surface area contributed by atoms with Gasteiger partial charge in [0.2, 0.25) is 5.95 Å². The van der Waals surface area contributed by atoms with Crippen LogP contribution in [0.1, 0.15) is 10.4 Å². The molecule has 0 bridgehead atoms. The number of halogens is 2. The van der Waals surface area contributed by atoms with E-state index >= 15 is 0 Å². The molecule has 2 aromatic rings. The average Bonchev–Trinajstić information content (AvgIpc) is 2.37. The SMILES string of the molecule is O=C(Nc1nc(Cl)cc(Cl)n1)c1cccc([N+](=O)[O-])c1. The molecule has 1 amide bonds. The molecular formula is C11H6Cl2N4O3. The highest BCUT2D eigenvalue weighted by Crippen LogP contribution is 2.16. The van der Waals surface area contributed by atoms with Crippen LogP contribution in [0.25, 0.3) is 0 Å². The molecule has 0 spiro atoms. The van der Waals surface area contributed by atoms with E-state index in [0.717, 1.165) is 6.07 Å². The molecule has 0 fully saturated rings. The molecular weight excluding hydrogens is 307 g/mol. The molecule has 7 nitrogen and oxygen atoms in total. The van der Waals surface area contributed by atoms with E-state index in [1.807, 2.05) is 0 Å². The van der Waals surface area contributed by atoms with E-state index in [1.54, 1.807) is 0 Å². The van der Waals surface area contributed by atoms with Crippen molar-refractivity contribution in [1.29, 1.82) is 0 Å². The van der Waals surface area contributed by atoms with Crippen molar-refractivity contribution in [2.24, 2.45) is 0 Å². The number of rotatable bonds is 3. The van der Waals surface area contributed by atoms with E-state index in [0.29, 0.717) is 0 Å². The highest BCUT2D eigenvalue weighted by Gasteiger charge is 2.13. The molecule has 0 saturated heterocycles. The lowest BCUT2D eigenvalue weighted by atomic mass is 10.2. The van der Waals surface area contributed by atoms with Crippen LogP contribution in [-0.2, 0) is 0 Å². The van der Waals surface area contributed by atoms with E-state index in [2.05, 4.69) is 15.3 Å². The number of carbonyl (C=O) groups is 1. The standard InChI is InChI=1S/C11H6Cl2N4O3/c12-8-5-9(13)15-11(14-8)16-10(18)6-2-1-3-7(4-6)17(19)20/h1-5H,(H,14,15,16,18). The quantitative estimate of drug-likeness (QED) is 0.533. The van der Waals surface area contributed by atoms with Gasteiger partial charge in [-0.25, -0.2) is 9.97 Å². The number of aromatic nitrogens is 2. The van der Waals surface area contributed by atoms with Gasteiger partial charge in [0.15, 0.2) is 0 Å². The Morgan fingerprint density at radius 3 is 2.45 bits per heavy atom. The zero-order valence-corrected chi connectivity index (χ0v) is 11.2. The summed E-state index contributed by atoms with van der Waals surface area (Å²) in [6, 6.07) is 6.56. The van der Waals surface area contributed by atoms with Gasteiger partial charge in [-0.1, -0.05) is 29.3 Å². The number of non-ortho nitro benzene ring substituents is 1. The second kappa shape index (κ2) is 5.81. The van der Waals surface area contributed by atoms with Crippen molar-refractivity contribution >= 4 is 40.7 Å². The summed E-state index contributed by atoms with van der Waals surface area (Å²) in [6.45, 7) is 0. The second-order valence-corrected chi connectivity index (χ2v) is 4.37. The van der Waals surface area contributed by atoms with E-state index in [-0.39, 0.29) is 27.5 Å². The first kappa shape index (κ1) is 14.2. The van der Waals surface area contributed by atoms with Gasteiger partial charge >= 0.3 is 0 Å². The number of hydrogen-bond acceptors (Lipinski definition) is 5. The normalized spacial score (nSPS) is 10.1. The summed E-state index contributed by atoms with van der Waals surface area (Å²) in [6.07, 6.45) is 0. The van der Waals surface area contributed by atoms with Crippen molar-refractivity contribution in [3.63, 3.8) is 0 Å². The minimum atomic E-state index is -0.605. The molecule has 0 saturated carbocycles. The smallest absolute Gasteiger partial charge is 0.270 e. The summed E-state index contributed by atoms with van der Waals surface area (Å²) in [5.41, 5.74) is -0.0957. The van der Waals surface area contributed by atoms with Crippen LogP contribution in [0, 0.1) is 10.1 Å². The van der Waals surface area contributed by atoms with Crippen molar-refractivity contribution in [1.82, 2.24) is 9.97 Å². The van der Waals surface area contributed by atoms with Crippen LogP contribution in [0.2, 0.25) is 10.3 Å². The van der Waals surface area contributed by atoms with E-state index in [4.69, 9.17) is 23.2 Å². The minimum absolute atomic E-state index is 0.0688. The molecule has 0 aliphatic heterocycles. The number of nitro benzene ring substituents is 1. The van der Waals surface area contributed by atoms with Gasteiger partial charge in [0.1, 0.15) is 10.3 Å². The Hall–Kier alpha value is -2.25. The second-order valence-electron chi connectivity index (χ2n) is 3.60. The first-order valence-corrected chi connectivity index (χ1v) is 5.97. The van der Waals surface area contributed by atoms with Crippen LogP contribution in [0.15, 0.2) is 30.3 Å². The molecule has 0 radical (unpaired) electrons. The molecule has 9 heteroatoms. The van der Waals surface area contributed by atoms with Gasteiger partial charge in [0.25, 0.3) is 11.6 Å². The average molecular weight is 313 g/mol. The lowest BCUT2D eigenvalue weighted by Crippen LogP contribution is -2.14. The molecule has 1 aromatic carbocycles. The number of nitrogens with zero attached hydrogens (tertiary/aromatic N) is 3. The van der Waals surface area contributed by atoms with E-state index in [1.165, 1.54) is 24.3 Å². The van der Waals surface area contributed by atoms with Gasteiger partial charge in [-0.15, -0.1) is 0 Å². The lowest BCUT2D eigenvalue weighted by Gasteiger charge is -2.04. The maximum absolute atomic E-state index is 11.9. The number of amides is 1. The van der Waals surface area contributed by atoms with Crippen LogP contribution in [-0.4, -0.2) is 20.8 Å². The van der Waals surface area contributed by atoms with Gasteiger partial charge < -0.3 is 0 Å². The van der Waals surface area contributed by atoms with Gasteiger partial charge in [0, 0.05) is 23.8 Å². The van der Waals surface area contributed by atoms with Crippen LogP contribution < -0.4 is 5.32 Å². The van der Waals surface area contributed by atoms with Crippen molar-refractivity contribution < 1.29 is 9.72 Å². The predicted molar refractivity (Wildman–Crippen MR) is 73.1 cm³/mol. The van der Waals surface area contributed by atoms with Crippen LogP contribution in [0.4, 0.5) is 11.6 Å². The number of carbonyl (C=O) groups excluding carboxylic acids is 1. The van der Waals surface area contributed by atoms with Crippen molar-refractivity contribution in [2.45, 2.75) is 0 Å². The molecule has 1 aromatic heterocycles. The summed E-state index contributed by atoms with van der Waals surface area (Å²) < 4.78 is 0. The number of benzene rings is 1. The third kappa shape index (κ3) is 3.40. The Morgan fingerprint density at radius 2 is 1.85 bits per heavy atom. The van der Waals surface area contributed by atoms with Gasteiger partial charge in [-0.05, 0) is 6.07 Å². The zero-order chi connectivity index (χ0) is 14.7. The number of nitro groups is 1. The Bertz CT molecular complexity index is 673. The summed E-state index contributed by atoms with van der Waals surface area (Å²) in [5, 5.41) is 13.1. The third-order valence-corrected chi connectivity index (χ3v) is 2.60. The Morgan fingerprint density at radius 1 is 1.20 bits per heavy atom. The molecule has 0 atom stereocenters. The lowest BCUT2D eigenvalue weighted by molar-refractivity contribution is -0.384. The van der Waals surface area contributed by atoms with Crippen molar-refractivity contribution in [3.8, 4) is 0 Å². The highest BCUT2D eigenvalue weighted by molar-refractivity contribution is 6.33. The fraction of sp³-hybridized carbons (Fsp3) is 0. The maximum atomic E-state index is 11.9. The molecule has 2 rings (SSSR count). The van der Waals surface area contributed by atoms with E-state index < -0.39 is 10.8 Å². The predicted octanol–water partition coefficient (Wildman–Crippen LogP) is 2.94. The van der Waals surface area contributed by atoms with Crippen LogP contribution >= 0.6 is 23.2 Å². The Labute approximate surface area is 122 Å². The Balaban J connectivity index is 2.23. The van der Waals surface area contributed by atoms with Gasteiger partial charge in [-0.3, -0.25) is 20.2 Å².